The molecule has 0 aromatic heterocycles. The highest BCUT2D eigenvalue weighted by molar-refractivity contribution is 5.79. The van der Waals surface area contributed by atoms with E-state index in [1.165, 1.54) is 17.5 Å². The standard InChI is InChI=1S/C24H40N4O2/c1-18-8-10-21(11-9-18)23-22(7-5-14-29-23)15-27-24(25-4)26-12-6-13-28-16-19(2)30-20(3)17-28/h8-11,19-20,22-23H,5-7,12-17H2,1-4H3,(H2,25,26,27). The number of ether oxygens (including phenoxy) is 2. The summed E-state index contributed by atoms with van der Waals surface area (Å²) in [6.45, 7) is 12.2. The van der Waals surface area contributed by atoms with Crippen LogP contribution in [0.25, 0.3) is 0 Å². The molecule has 3 rings (SSSR count). The van der Waals surface area contributed by atoms with Crippen LogP contribution in [0.5, 0.6) is 0 Å². The number of nitrogens with zero attached hydrogens (tertiary/aromatic N) is 2. The zero-order chi connectivity index (χ0) is 21.3. The van der Waals surface area contributed by atoms with Gasteiger partial charge in [0.05, 0.1) is 18.3 Å². The molecule has 4 atom stereocenters. The summed E-state index contributed by atoms with van der Waals surface area (Å²) in [6.07, 6.45) is 4.21. The van der Waals surface area contributed by atoms with Crippen LogP contribution >= 0.6 is 0 Å². The van der Waals surface area contributed by atoms with E-state index in [0.717, 1.165) is 58.1 Å². The topological polar surface area (TPSA) is 58.1 Å². The summed E-state index contributed by atoms with van der Waals surface area (Å²) < 4.78 is 12.0. The van der Waals surface area contributed by atoms with E-state index in [0.29, 0.717) is 18.1 Å². The molecule has 2 aliphatic rings. The number of aryl methyl sites for hydroxylation is 1. The molecule has 2 saturated heterocycles. The van der Waals surface area contributed by atoms with Crippen molar-refractivity contribution in [1.82, 2.24) is 15.5 Å². The van der Waals surface area contributed by atoms with E-state index in [2.05, 4.69) is 65.6 Å². The smallest absolute Gasteiger partial charge is 0.190 e. The lowest BCUT2D eigenvalue weighted by molar-refractivity contribution is -0.0679. The first kappa shape index (κ1) is 23.0. The van der Waals surface area contributed by atoms with Crippen LogP contribution in [0.4, 0.5) is 0 Å². The van der Waals surface area contributed by atoms with Gasteiger partial charge >= 0.3 is 0 Å². The lowest BCUT2D eigenvalue weighted by Crippen LogP contribution is -2.46. The first-order valence-electron chi connectivity index (χ1n) is 11.6. The molecule has 6 heteroatoms. The highest BCUT2D eigenvalue weighted by Gasteiger charge is 2.27. The van der Waals surface area contributed by atoms with Crippen molar-refractivity contribution in [2.45, 2.75) is 58.3 Å². The van der Waals surface area contributed by atoms with E-state index in [9.17, 15) is 0 Å². The monoisotopic (exact) mass is 416 g/mol. The summed E-state index contributed by atoms with van der Waals surface area (Å²) in [7, 11) is 1.84. The maximum atomic E-state index is 6.15. The van der Waals surface area contributed by atoms with Gasteiger partial charge in [-0.2, -0.15) is 0 Å². The van der Waals surface area contributed by atoms with E-state index in [4.69, 9.17) is 9.47 Å². The normalized spacial score (nSPS) is 28.3. The third-order valence-electron chi connectivity index (χ3n) is 6.04. The number of rotatable bonds is 7. The van der Waals surface area contributed by atoms with Crippen LogP contribution < -0.4 is 10.6 Å². The Morgan fingerprint density at radius 1 is 1.13 bits per heavy atom. The quantitative estimate of drug-likeness (QED) is 0.406. The van der Waals surface area contributed by atoms with Crippen molar-refractivity contribution in [1.29, 1.82) is 0 Å². The summed E-state index contributed by atoms with van der Waals surface area (Å²) in [5.74, 6) is 1.34. The van der Waals surface area contributed by atoms with Crippen molar-refractivity contribution < 1.29 is 9.47 Å². The molecule has 1 aromatic rings. The lowest BCUT2D eigenvalue weighted by atomic mass is 9.89. The lowest BCUT2D eigenvalue weighted by Gasteiger charge is -2.35. The average molecular weight is 417 g/mol. The van der Waals surface area contributed by atoms with Crippen molar-refractivity contribution in [3.8, 4) is 0 Å². The number of hydrogen-bond acceptors (Lipinski definition) is 4. The fourth-order valence-corrected chi connectivity index (χ4v) is 4.60. The second-order valence-electron chi connectivity index (χ2n) is 8.85. The van der Waals surface area contributed by atoms with Crippen LogP contribution in [-0.2, 0) is 9.47 Å². The van der Waals surface area contributed by atoms with Crippen LogP contribution in [0.15, 0.2) is 29.3 Å². The largest absolute Gasteiger partial charge is 0.373 e. The molecule has 6 nitrogen and oxygen atoms in total. The van der Waals surface area contributed by atoms with Gasteiger partial charge in [0.2, 0.25) is 0 Å². The highest BCUT2D eigenvalue weighted by Crippen LogP contribution is 2.33. The second kappa shape index (κ2) is 11.7. The van der Waals surface area contributed by atoms with Gasteiger partial charge in [-0.15, -0.1) is 0 Å². The second-order valence-corrected chi connectivity index (χ2v) is 8.85. The Bertz CT molecular complexity index is 654. The minimum atomic E-state index is 0.162. The third-order valence-corrected chi connectivity index (χ3v) is 6.04. The molecule has 0 spiro atoms. The molecule has 0 amide bonds. The number of benzene rings is 1. The Hall–Kier alpha value is -1.63. The number of guanidine groups is 1. The molecular formula is C24H40N4O2. The number of hydrogen-bond donors (Lipinski definition) is 2. The maximum Gasteiger partial charge on any atom is 0.190 e. The Labute approximate surface area is 182 Å². The molecule has 4 unspecified atom stereocenters. The van der Waals surface area contributed by atoms with Crippen LogP contribution in [0.1, 0.15) is 50.3 Å². The van der Waals surface area contributed by atoms with Crippen molar-refractivity contribution in [3.63, 3.8) is 0 Å². The van der Waals surface area contributed by atoms with E-state index >= 15 is 0 Å². The minimum absolute atomic E-state index is 0.162. The van der Waals surface area contributed by atoms with E-state index < -0.39 is 0 Å². The van der Waals surface area contributed by atoms with Gasteiger partial charge in [0.25, 0.3) is 0 Å². The first-order chi connectivity index (χ1) is 14.5. The van der Waals surface area contributed by atoms with Gasteiger partial charge in [-0.3, -0.25) is 9.89 Å². The molecule has 2 heterocycles. The molecule has 0 aliphatic carbocycles. The van der Waals surface area contributed by atoms with Gasteiger partial charge < -0.3 is 20.1 Å². The predicted octanol–water partition coefficient (Wildman–Crippen LogP) is 3.13. The molecular weight excluding hydrogens is 376 g/mol. The van der Waals surface area contributed by atoms with Crippen molar-refractivity contribution >= 4 is 5.96 Å². The summed E-state index contributed by atoms with van der Waals surface area (Å²) >= 11 is 0. The number of aliphatic imine (C=N–C) groups is 1. The van der Waals surface area contributed by atoms with E-state index in [1.54, 1.807) is 0 Å². The van der Waals surface area contributed by atoms with Crippen LogP contribution in [0, 0.1) is 12.8 Å². The van der Waals surface area contributed by atoms with Crippen molar-refractivity contribution in [3.05, 3.63) is 35.4 Å². The number of nitrogens with one attached hydrogen (secondary N) is 2. The molecule has 2 N–H and O–H groups in total. The zero-order valence-corrected chi connectivity index (χ0v) is 19.2. The summed E-state index contributed by atoms with van der Waals surface area (Å²) in [5, 5.41) is 7.00. The van der Waals surface area contributed by atoms with Crippen LogP contribution in [0.3, 0.4) is 0 Å². The molecule has 0 radical (unpaired) electrons. The third kappa shape index (κ3) is 6.96. The highest BCUT2D eigenvalue weighted by atomic mass is 16.5. The van der Waals surface area contributed by atoms with Crippen LogP contribution in [0.2, 0.25) is 0 Å². The molecule has 30 heavy (non-hydrogen) atoms. The summed E-state index contributed by atoms with van der Waals surface area (Å²) in [5.41, 5.74) is 2.57. The van der Waals surface area contributed by atoms with Crippen molar-refractivity contribution in [2.24, 2.45) is 10.9 Å². The zero-order valence-electron chi connectivity index (χ0n) is 19.2. The summed E-state index contributed by atoms with van der Waals surface area (Å²) in [6, 6.07) is 8.76. The maximum absolute atomic E-state index is 6.15. The van der Waals surface area contributed by atoms with E-state index in [-0.39, 0.29) is 6.10 Å². The first-order valence-corrected chi connectivity index (χ1v) is 11.6. The van der Waals surface area contributed by atoms with Gasteiger partial charge in [0, 0.05) is 52.3 Å². The Morgan fingerprint density at radius 2 is 1.87 bits per heavy atom. The molecule has 0 bridgehead atoms. The Kier molecular flexibility index (Phi) is 8.97. The van der Waals surface area contributed by atoms with Crippen molar-refractivity contribution in [2.75, 3.05) is 46.4 Å². The molecule has 1 aromatic carbocycles. The number of morpholine rings is 1. The van der Waals surface area contributed by atoms with Gasteiger partial charge in [-0.25, -0.2) is 0 Å². The van der Waals surface area contributed by atoms with Gasteiger partial charge in [0.1, 0.15) is 0 Å². The summed E-state index contributed by atoms with van der Waals surface area (Å²) in [4.78, 5) is 6.91. The van der Waals surface area contributed by atoms with Gasteiger partial charge in [0.15, 0.2) is 5.96 Å². The average Bonchev–Trinajstić information content (AvgIpc) is 2.73. The SMILES string of the molecule is CN=C(NCCCN1CC(C)OC(C)C1)NCC1CCCOC1c1ccc(C)cc1. The Balaban J connectivity index is 1.41. The minimum Gasteiger partial charge on any atom is -0.373 e. The van der Waals surface area contributed by atoms with Crippen LogP contribution in [-0.4, -0.2) is 69.4 Å². The molecule has 2 fully saturated rings. The molecule has 168 valence electrons. The van der Waals surface area contributed by atoms with Gasteiger partial charge in [-0.05, 0) is 45.6 Å². The van der Waals surface area contributed by atoms with E-state index in [1.807, 2.05) is 7.05 Å². The van der Waals surface area contributed by atoms with Gasteiger partial charge in [-0.1, -0.05) is 29.8 Å². The predicted molar refractivity (Wildman–Crippen MR) is 123 cm³/mol. The Morgan fingerprint density at radius 3 is 2.57 bits per heavy atom. The molecule has 2 aliphatic heterocycles. The fourth-order valence-electron chi connectivity index (χ4n) is 4.60. The fraction of sp³-hybridized carbons (Fsp3) is 0.708. The molecule has 0 saturated carbocycles.